The number of nitro benzene ring substituents is 2. The van der Waals surface area contributed by atoms with E-state index in [0.717, 1.165) is 40.7 Å². The van der Waals surface area contributed by atoms with Crippen LogP contribution < -0.4 is 5.32 Å². The number of aryl methyl sites for hydroxylation is 1. The summed E-state index contributed by atoms with van der Waals surface area (Å²) in [7, 11) is 1.20. The fourth-order valence-electron chi connectivity index (χ4n) is 2.89. The van der Waals surface area contributed by atoms with Crippen LogP contribution in [0.1, 0.15) is 26.3 Å². The molecule has 0 atom stereocenters. The van der Waals surface area contributed by atoms with Crippen LogP contribution in [0.25, 0.3) is 11.1 Å². The van der Waals surface area contributed by atoms with Gasteiger partial charge in [-0.15, -0.1) is 11.3 Å². The highest BCUT2D eigenvalue weighted by molar-refractivity contribution is 7.15. The maximum atomic E-state index is 12.7. The third-order valence-corrected chi connectivity index (χ3v) is 5.22. The van der Waals surface area contributed by atoms with Gasteiger partial charge in [0.15, 0.2) is 0 Å². The van der Waals surface area contributed by atoms with Gasteiger partial charge in [0.1, 0.15) is 10.6 Å². The number of ether oxygens (including phenoxy) is 1. The topological polar surface area (TPSA) is 142 Å². The molecule has 31 heavy (non-hydrogen) atoms. The standard InChI is InChI=1S/C20H15N3O7S/c1-11-4-3-5-12(6-11)16-10-31-19(17(16)20(25)30-2)21-18(24)13-7-14(22(26)27)9-15(8-13)23(28)29/h3-10H,1-2H3,(H,21,24). The second-order valence-electron chi connectivity index (χ2n) is 6.42. The van der Waals surface area contributed by atoms with Crippen LogP contribution >= 0.6 is 11.3 Å². The number of hydrogen-bond donors (Lipinski definition) is 1. The van der Waals surface area contributed by atoms with Crippen molar-refractivity contribution >= 4 is 39.6 Å². The van der Waals surface area contributed by atoms with Crippen LogP contribution in [-0.2, 0) is 4.74 Å². The van der Waals surface area contributed by atoms with Gasteiger partial charge in [-0.25, -0.2) is 4.79 Å². The summed E-state index contributed by atoms with van der Waals surface area (Å²) in [5, 5.41) is 26.5. The van der Waals surface area contributed by atoms with Crippen LogP contribution in [0.3, 0.4) is 0 Å². The van der Waals surface area contributed by atoms with Crippen molar-refractivity contribution in [2.24, 2.45) is 0 Å². The normalized spacial score (nSPS) is 10.4. The van der Waals surface area contributed by atoms with Gasteiger partial charge in [-0.3, -0.25) is 25.0 Å². The second kappa shape index (κ2) is 8.71. The summed E-state index contributed by atoms with van der Waals surface area (Å²) >= 11 is 1.06. The lowest BCUT2D eigenvalue weighted by molar-refractivity contribution is -0.394. The smallest absolute Gasteiger partial charge is 0.341 e. The highest BCUT2D eigenvalue weighted by atomic mass is 32.1. The Labute approximate surface area is 179 Å². The molecule has 158 valence electrons. The lowest BCUT2D eigenvalue weighted by Crippen LogP contribution is -2.14. The lowest BCUT2D eigenvalue weighted by atomic mass is 10.0. The third kappa shape index (κ3) is 4.56. The number of nitrogens with one attached hydrogen (secondary N) is 1. The van der Waals surface area contributed by atoms with Crippen LogP contribution in [0.15, 0.2) is 47.8 Å². The average Bonchev–Trinajstić information content (AvgIpc) is 3.16. The molecule has 3 rings (SSSR count). The fourth-order valence-corrected chi connectivity index (χ4v) is 3.84. The van der Waals surface area contributed by atoms with Gasteiger partial charge in [-0.1, -0.05) is 29.8 Å². The summed E-state index contributed by atoms with van der Waals surface area (Å²) in [4.78, 5) is 45.6. The molecule has 0 saturated heterocycles. The second-order valence-corrected chi connectivity index (χ2v) is 7.30. The molecule has 0 spiro atoms. The maximum absolute atomic E-state index is 12.7. The Morgan fingerprint density at radius 2 is 1.68 bits per heavy atom. The van der Waals surface area contributed by atoms with Crippen molar-refractivity contribution in [1.29, 1.82) is 0 Å². The van der Waals surface area contributed by atoms with Crippen LogP contribution in [0.4, 0.5) is 16.4 Å². The summed E-state index contributed by atoms with van der Waals surface area (Å²) in [5.74, 6) is -1.52. The number of thiophene rings is 1. The van der Waals surface area contributed by atoms with Gasteiger partial charge in [-0.05, 0) is 12.5 Å². The van der Waals surface area contributed by atoms with Crippen molar-refractivity contribution in [1.82, 2.24) is 0 Å². The first-order valence-electron chi connectivity index (χ1n) is 8.73. The number of nitro groups is 2. The van der Waals surface area contributed by atoms with Gasteiger partial charge in [0.25, 0.3) is 17.3 Å². The third-order valence-electron chi connectivity index (χ3n) is 4.32. The number of nitrogens with zero attached hydrogens (tertiary/aromatic N) is 2. The predicted molar refractivity (Wildman–Crippen MR) is 114 cm³/mol. The number of anilines is 1. The Hall–Kier alpha value is -4.12. The van der Waals surface area contributed by atoms with Crippen molar-refractivity contribution < 1.29 is 24.2 Å². The van der Waals surface area contributed by atoms with Crippen molar-refractivity contribution in [2.45, 2.75) is 6.92 Å². The van der Waals surface area contributed by atoms with E-state index < -0.39 is 33.1 Å². The maximum Gasteiger partial charge on any atom is 0.341 e. The Bertz CT molecular complexity index is 1190. The molecule has 0 aliphatic rings. The first kappa shape index (κ1) is 21.6. The highest BCUT2D eigenvalue weighted by Gasteiger charge is 2.25. The Morgan fingerprint density at radius 1 is 1.03 bits per heavy atom. The molecule has 0 unspecified atom stereocenters. The molecule has 3 aromatic rings. The molecular formula is C20H15N3O7S. The lowest BCUT2D eigenvalue weighted by Gasteiger charge is -2.08. The van der Waals surface area contributed by atoms with Crippen LogP contribution in [0.5, 0.6) is 0 Å². The molecule has 11 heteroatoms. The van der Waals surface area contributed by atoms with Crippen LogP contribution in [0, 0.1) is 27.2 Å². The van der Waals surface area contributed by atoms with E-state index >= 15 is 0 Å². The van der Waals surface area contributed by atoms with E-state index in [4.69, 9.17) is 4.74 Å². The molecule has 0 bridgehead atoms. The van der Waals surface area contributed by atoms with Crippen molar-refractivity contribution in [2.75, 3.05) is 12.4 Å². The van der Waals surface area contributed by atoms with Crippen LogP contribution in [-0.4, -0.2) is 28.8 Å². The Balaban J connectivity index is 2.03. The summed E-state index contributed by atoms with van der Waals surface area (Å²) in [6.45, 7) is 1.89. The highest BCUT2D eigenvalue weighted by Crippen LogP contribution is 2.37. The van der Waals surface area contributed by atoms with Gasteiger partial charge in [0.05, 0.1) is 28.6 Å². The van der Waals surface area contributed by atoms with E-state index in [1.165, 1.54) is 7.11 Å². The zero-order chi connectivity index (χ0) is 22.7. The number of rotatable bonds is 6. The van der Waals surface area contributed by atoms with E-state index in [0.29, 0.717) is 5.56 Å². The van der Waals surface area contributed by atoms with E-state index in [1.807, 2.05) is 25.1 Å². The zero-order valence-electron chi connectivity index (χ0n) is 16.3. The number of esters is 1. The first-order valence-corrected chi connectivity index (χ1v) is 9.61. The number of non-ortho nitro benzene ring substituents is 2. The monoisotopic (exact) mass is 441 g/mol. The van der Waals surface area contributed by atoms with Crippen molar-refractivity contribution in [3.63, 3.8) is 0 Å². The quantitative estimate of drug-likeness (QED) is 0.335. The predicted octanol–water partition coefficient (Wildman–Crippen LogP) is 4.58. The molecule has 2 aromatic carbocycles. The van der Waals surface area contributed by atoms with Crippen molar-refractivity contribution in [3.05, 3.63) is 84.8 Å². The average molecular weight is 441 g/mol. The van der Waals surface area contributed by atoms with Crippen LogP contribution in [0.2, 0.25) is 0 Å². The molecule has 0 aliphatic carbocycles. The molecule has 0 saturated carbocycles. The Morgan fingerprint density at radius 3 is 2.23 bits per heavy atom. The van der Waals surface area contributed by atoms with E-state index in [1.54, 1.807) is 11.4 Å². The molecule has 10 nitrogen and oxygen atoms in total. The number of carbonyl (C=O) groups is 2. The SMILES string of the molecule is COC(=O)c1c(-c2cccc(C)c2)csc1NC(=O)c1cc([N+](=O)[O-])cc([N+](=O)[O-])c1. The minimum Gasteiger partial charge on any atom is -0.465 e. The minimum absolute atomic E-state index is 0.117. The molecule has 1 aromatic heterocycles. The molecule has 1 N–H and O–H groups in total. The summed E-state index contributed by atoms with van der Waals surface area (Å²) in [6.07, 6.45) is 0. The number of benzene rings is 2. The van der Waals surface area contributed by atoms with Crippen molar-refractivity contribution in [3.8, 4) is 11.1 Å². The van der Waals surface area contributed by atoms with E-state index in [2.05, 4.69) is 5.32 Å². The molecule has 0 aliphatic heterocycles. The molecular weight excluding hydrogens is 426 g/mol. The summed E-state index contributed by atoms with van der Waals surface area (Å²) in [6, 6.07) is 10.00. The summed E-state index contributed by atoms with van der Waals surface area (Å²) in [5.41, 5.74) is 0.880. The first-order chi connectivity index (χ1) is 14.7. The summed E-state index contributed by atoms with van der Waals surface area (Å²) < 4.78 is 4.85. The molecule has 1 heterocycles. The van der Waals surface area contributed by atoms with Gasteiger partial charge >= 0.3 is 5.97 Å². The fraction of sp³-hybridized carbons (Fsp3) is 0.100. The Kier molecular flexibility index (Phi) is 6.07. The molecule has 0 fully saturated rings. The molecule has 0 radical (unpaired) electrons. The number of methoxy groups -OCH3 is 1. The molecule has 1 amide bonds. The zero-order valence-corrected chi connectivity index (χ0v) is 17.1. The van der Waals surface area contributed by atoms with Gasteiger partial charge in [-0.2, -0.15) is 0 Å². The van der Waals surface area contributed by atoms with Gasteiger partial charge in [0.2, 0.25) is 0 Å². The number of carbonyl (C=O) groups excluding carboxylic acids is 2. The van der Waals surface area contributed by atoms with Gasteiger partial charge in [0, 0.05) is 23.1 Å². The van der Waals surface area contributed by atoms with E-state index in [-0.39, 0.29) is 16.1 Å². The minimum atomic E-state index is -0.838. The number of amides is 1. The van der Waals surface area contributed by atoms with Gasteiger partial charge < -0.3 is 10.1 Å². The largest absolute Gasteiger partial charge is 0.465 e. The number of hydrogen-bond acceptors (Lipinski definition) is 8. The van der Waals surface area contributed by atoms with E-state index in [9.17, 15) is 29.8 Å².